The second-order valence-corrected chi connectivity index (χ2v) is 6.43. The Morgan fingerprint density at radius 2 is 2.00 bits per heavy atom. The normalized spacial score (nSPS) is 29.2. The quantitative estimate of drug-likeness (QED) is 0.710. The third-order valence-corrected chi connectivity index (χ3v) is 4.90. The van der Waals surface area contributed by atoms with Gasteiger partial charge in [-0.25, -0.2) is 0 Å². The summed E-state index contributed by atoms with van der Waals surface area (Å²) in [5.74, 6) is 3.70. The standard InChI is InChI=1S/C17H32N2/c1-6-8-9-16(18-14-7-2)17(19(4)5)12-10-15(3)11-13-17/h1,15-16,18H,7-14H2,2-5H3. The number of terminal acetylenes is 1. The molecule has 0 aromatic rings. The SMILES string of the molecule is C#CCCC(NCCC)C1(N(C)C)CCC(C)CC1. The summed E-state index contributed by atoms with van der Waals surface area (Å²) in [5, 5.41) is 3.77. The van der Waals surface area contributed by atoms with Gasteiger partial charge in [-0.3, -0.25) is 0 Å². The molecule has 110 valence electrons. The summed E-state index contributed by atoms with van der Waals surface area (Å²) in [6, 6.07) is 0.533. The highest BCUT2D eigenvalue weighted by molar-refractivity contribution is 5.02. The summed E-state index contributed by atoms with van der Waals surface area (Å²) in [7, 11) is 4.49. The van der Waals surface area contributed by atoms with Crippen molar-refractivity contribution in [2.45, 2.75) is 70.4 Å². The summed E-state index contributed by atoms with van der Waals surface area (Å²) >= 11 is 0. The van der Waals surface area contributed by atoms with E-state index in [1.165, 1.54) is 32.1 Å². The van der Waals surface area contributed by atoms with Crippen molar-refractivity contribution in [1.29, 1.82) is 0 Å². The zero-order valence-electron chi connectivity index (χ0n) is 13.3. The van der Waals surface area contributed by atoms with Gasteiger partial charge in [-0.2, -0.15) is 0 Å². The molecule has 0 aromatic carbocycles. The molecule has 0 spiro atoms. The lowest BCUT2D eigenvalue weighted by molar-refractivity contribution is 0.0409. The van der Waals surface area contributed by atoms with Crippen molar-refractivity contribution in [3.8, 4) is 12.3 Å². The van der Waals surface area contributed by atoms with Crippen LogP contribution in [-0.4, -0.2) is 37.1 Å². The number of nitrogens with zero attached hydrogens (tertiary/aromatic N) is 1. The Morgan fingerprint density at radius 1 is 1.37 bits per heavy atom. The Balaban J connectivity index is 2.81. The molecule has 0 aromatic heterocycles. The molecule has 19 heavy (non-hydrogen) atoms. The number of hydrogen-bond donors (Lipinski definition) is 1. The van der Waals surface area contributed by atoms with Gasteiger partial charge < -0.3 is 10.2 Å². The monoisotopic (exact) mass is 264 g/mol. The zero-order chi connectivity index (χ0) is 14.3. The second-order valence-electron chi connectivity index (χ2n) is 6.43. The molecule has 1 unspecified atom stereocenters. The van der Waals surface area contributed by atoms with Crippen molar-refractivity contribution in [2.24, 2.45) is 5.92 Å². The minimum atomic E-state index is 0.304. The Kier molecular flexibility index (Phi) is 6.89. The average molecular weight is 264 g/mol. The number of hydrogen-bond acceptors (Lipinski definition) is 2. The lowest BCUT2D eigenvalue weighted by atomic mass is 9.71. The minimum absolute atomic E-state index is 0.304. The minimum Gasteiger partial charge on any atom is -0.312 e. The van der Waals surface area contributed by atoms with E-state index in [1.807, 2.05) is 0 Å². The van der Waals surface area contributed by atoms with Crippen molar-refractivity contribution in [3.63, 3.8) is 0 Å². The van der Waals surface area contributed by atoms with E-state index >= 15 is 0 Å². The van der Waals surface area contributed by atoms with Crippen LogP contribution < -0.4 is 5.32 Å². The Labute approximate surface area is 120 Å². The maximum absolute atomic E-state index is 5.48. The van der Waals surface area contributed by atoms with Crippen LogP contribution in [0, 0.1) is 18.3 Å². The smallest absolute Gasteiger partial charge is 0.0356 e. The van der Waals surface area contributed by atoms with E-state index in [1.54, 1.807) is 0 Å². The first-order valence-corrected chi connectivity index (χ1v) is 7.91. The topological polar surface area (TPSA) is 15.3 Å². The summed E-state index contributed by atoms with van der Waals surface area (Å²) in [6.45, 7) is 5.71. The molecule has 1 atom stereocenters. The third-order valence-electron chi connectivity index (χ3n) is 4.90. The van der Waals surface area contributed by atoms with Gasteiger partial charge in [-0.15, -0.1) is 12.3 Å². The first kappa shape index (κ1) is 16.5. The first-order chi connectivity index (χ1) is 9.06. The summed E-state index contributed by atoms with van der Waals surface area (Å²) in [5.41, 5.74) is 0.304. The lowest BCUT2D eigenvalue weighted by Gasteiger charge is -2.50. The van der Waals surface area contributed by atoms with Crippen LogP contribution in [0.4, 0.5) is 0 Å². The van der Waals surface area contributed by atoms with Gasteiger partial charge in [0.1, 0.15) is 0 Å². The van der Waals surface area contributed by atoms with Crippen LogP contribution in [0.15, 0.2) is 0 Å². The van der Waals surface area contributed by atoms with Crippen molar-refractivity contribution in [1.82, 2.24) is 10.2 Å². The van der Waals surface area contributed by atoms with Crippen molar-refractivity contribution in [3.05, 3.63) is 0 Å². The first-order valence-electron chi connectivity index (χ1n) is 7.91. The molecule has 2 heteroatoms. The summed E-state index contributed by atoms with van der Waals surface area (Å²) in [4.78, 5) is 2.46. The predicted molar refractivity (Wildman–Crippen MR) is 84.2 cm³/mol. The van der Waals surface area contributed by atoms with Gasteiger partial charge in [0.15, 0.2) is 0 Å². The molecule has 0 saturated heterocycles. The fourth-order valence-electron chi connectivity index (χ4n) is 3.48. The van der Waals surface area contributed by atoms with E-state index in [2.05, 4.69) is 44.1 Å². The maximum Gasteiger partial charge on any atom is 0.0356 e. The fraction of sp³-hybridized carbons (Fsp3) is 0.882. The highest BCUT2D eigenvalue weighted by Gasteiger charge is 2.42. The maximum atomic E-state index is 5.48. The Hall–Kier alpha value is -0.520. The Bertz CT molecular complexity index is 282. The van der Waals surface area contributed by atoms with Crippen LogP contribution in [0.25, 0.3) is 0 Å². The summed E-state index contributed by atoms with van der Waals surface area (Å²) in [6.07, 6.45) is 13.9. The highest BCUT2D eigenvalue weighted by atomic mass is 15.2. The number of likely N-dealkylation sites (N-methyl/N-ethyl adjacent to an activating group) is 1. The predicted octanol–water partition coefficient (Wildman–Crippen LogP) is 3.28. The molecule has 1 fully saturated rings. The largest absolute Gasteiger partial charge is 0.312 e. The van der Waals surface area contributed by atoms with Gasteiger partial charge in [0.05, 0.1) is 0 Å². The molecule has 1 aliphatic rings. The average Bonchev–Trinajstić information content (AvgIpc) is 2.40. The van der Waals surface area contributed by atoms with Crippen molar-refractivity contribution >= 4 is 0 Å². The van der Waals surface area contributed by atoms with Gasteiger partial charge >= 0.3 is 0 Å². The molecule has 1 N–H and O–H groups in total. The van der Waals surface area contributed by atoms with E-state index in [-0.39, 0.29) is 0 Å². The molecule has 0 aliphatic heterocycles. The van der Waals surface area contributed by atoms with Gasteiger partial charge in [-0.1, -0.05) is 13.8 Å². The second kappa shape index (κ2) is 7.92. The van der Waals surface area contributed by atoms with Crippen LogP contribution in [-0.2, 0) is 0 Å². The van der Waals surface area contributed by atoms with E-state index in [0.717, 1.165) is 25.3 Å². The van der Waals surface area contributed by atoms with Gasteiger partial charge in [0.2, 0.25) is 0 Å². The van der Waals surface area contributed by atoms with Crippen molar-refractivity contribution in [2.75, 3.05) is 20.6 Å². The molecule has 1 rings (SSSR count). The van der Waals surface area contributed by atoms with Crippen LogP contribution in [0.1, 0.15) is 58.8 Å². The molecule has 0 radical (unpaired) electrons. The molecular weight excluding hydrogens is 232 g/mol. The number of nitrogens with one attached hydrogen (secondary N) is 1. The summed E-state index contributed by atoms with van der Waals surface area (Å²) < 4.78 is 0. The van der Waals surface area contributed by atoms with E-state index in [9.17, 15) is 0 Å². The highest BCUT2D eigenvalue weighted by Crippen LogP contribution is 2.39. The molecule has 0 bridgehead atoms. The zero-order valence-corrected chi connectivity index (χ0v) is 13.3. The molecule has 0 heterocycles. The fourth-order valence-corrected chi connectivity index (χ4v) is 3.48. The van der Waals surface area contributed by atoms with E-state index in [0.29, 0.717) is 11.6 Å². The lowest BCUT2D eigenvalue weighted by Crippen LogP contribution is -2.60. The van der Waals surface area contributed by atoms with Gasteiger partial charge in [0.25, 0.3) is 0 Å². The van der Waals surface area contributed by atoms with Crippen LogP contribution in [0.3, 0.4) is 0 Å². The molecular formula is C17H32N2. The van der Waals surface area contributed by atoms with Crippen LogP contribution in [0.5, 0.6) is 0 Å². The molecule has 1 saturated carbocycles. The van der Waals surface area contributed by atoms with Crippen molar-refractivity contribution < 1.29 is 0 Å². The van der Waals surface area contributed by atoms with E-state index in [4.69, 9.17) is 6.42 Å². The third kappa shape index (κ3) is 4.23. The molecule has 2 nitrogen and oxygen atoms in total. The Morgan fingerprint density at radius 3 is 2.47 bits per heavy atom. The van der Waals surface area contributed by atoms with Crippen LogP contribution >= 0.6 is 0 Å². The molecule has 0 amide bonds. The van der Waals surface area contributed by atoms with Crippen LogP contribution in [0.2, 0.25) is 0 Å². The number of rotatable bonds is 7. The van der Waals surface area contributed by atoms with E-state index < -0.39 is 0 Å². The molecule has 1 aliphatic carbocycles. The van der Waals surface area contributed by atoms with Gasteiger partial charge in [0, 0.05) is 18.0 Å². The van der Waals surface area contributed by atoms with Gasteiger partial charge in [-0.05, 0) is 65.1 Å².